The molecule has 0 fully saturated rings. The van der Waals surface area contributed by atoms with Crippen molar-refractivity contribution >= 4 is 41.5 Å². The molecule has 8 nitrogen and oxygen atoms in total. The van der Waals surface area contributed by atoms with Gasteiger partial charge in [-0.25, -0.2) is 4.99 Å². The Hall–Kier alpha value is -1.43. The highest BCUT2D eigenvalue weighted by molar-refractivity contribution is 14.0. The van der Waals surface area contributed by atoms with Gasteiger partial charge in [0.05, 0.1) is 13.1 Å². The summed E-state index contributed by atoms with van der Waals surface area (Å²) in [5, 5.41) is 9.56. The lowest BCUT2D eigenvalue weighted by Gasteiger charge is -2.18. The second-order valence-electron chi connectivity index (χ2n) is 7.26. The summed E-state index contributed by atoms with van der Waals surface area (Å²) >= 11 is 0. The van der Waals surface area contributed by atoms with Crippen LogP contribution in [-0.4, -0.2) is 89.3 Å². The number of carbonyl (C=O) groups is 1. The molecule has 0 bridgehead atoms. The number of rotatable bonds is 13. The van der Waals surface area contributed by atoms with Crippen molar-refractivity contribution in [3.8, 4) is 0 Å². The molecular formula is C21H39IN6O2. The summed E-state index contributed by atoms with van der Waals surface area (Å²) in [6.45, 7) is 7.29. The van der Waals surface area contributed by atoms with E-state index in [0.717, 1.165) is 56.4 Å². The van der Waals surface area contributed by atoms with E-state index < -0.39 is 0 Å². The number of hydrogen-bond acceptors (Lipinski definition) is 5. The van der Waals surface area contributed by atoms with Crippen molar-refractivity contribution in [1.29, 1.82) is 0 Å². The molecule has 1 amide bonds. The number of nitrogens with zero attached hydrogens (tertiary/aromatic N) is 3. The van der Waals surface area contributed by atoms with Crippen LogP contribution in [0.2, 0.25) is 0 Å². The van der Waals surface area contributed by atoms with Crippen LogP contribution in [0.5, 0.6) is 0 Å². The average Bonchev–Trinajstić information content (AvgIpc) is 2.66. The van der Waals surface area contributed by atoms with Gasteiger partial charge in [-0.15, -0.1) is 24.0 Å². The highest BCUT2D eigenvalue weighted by Crippen LogP contribution is 2.11. The summed E-state index contributed by atoms with van der Waals surface area (Å²) in [7, 11) is 7.58. The first kappa shape index (κ1) is 28.6. The van der Waals surface area contributed by atoms with E-state index in [4.69, 9.17) is 4.74 Å². The number of nitrogens with one attached hydrogen (secondary N) is 3. The molecule has 0 radical (unpaired) electrons. The normalized spacial score (nSPS) is 11.4. The van der Waals surface area contributed by atoms with Crippen molar-refractivity contribution in [3.05, 3.63) is 29.8 Å². The van der Waals surface area contributed by atoms with Crippen LogP contribution in [0.3, 0.4) is 0 Å². The third-order valence-electron chi connectivity index (χ3n) is 4.11. The van der Waals surface area contributed by atoms with E-state index in [2.05, 4.69) is 39.8 Å². The number of halogens is 1. The summed E-state index contributed by atoms with van der Waals surface area (Å²) in [6.07, 6.45) is 1.03. The lowest BCUT2D eigenvalue weighted by atomic mass is 10.2. The highest BCUT2D eigenvalue weighted by atomic mass is 127. The first-order chi connectivity index (χ1) is 13.9. The number of guanidine groups is 1. The topological polar surface area (TPSA) is 81.2 Å². The van der Waals surface area contributed by atoms with Gasteiger partial charge >= 0.3 is 0 Å². The molecule has 1 aromatic carbocycles. The minimum atomic E-state index is -0.0275. The number of anilines is 1. The Morgan fingerprint density at radius 3 is 2.60 bits per heavy atom. The van der Waals surface area contributed by atoms with Crippen LogP contribution in [0, 0.1) is 0 Å². The second kappa shape index (κ2) is 17.3. The molecule has 0 aliphatic heterocycles. The van der Waals surface area contributed by atoms with Crippen LogP contribution >= 0.6 is 24.0 Å². The minimum Gasteiger partial charge on any atom is -0.385 e. The summed E-state index contributed by atoms with van der Waals surface area (Å²) < 4.78 is 5.09. The van der Waals surface area contributed by atoms with Gasteiger partial charge in [-0.05, 0) is 52.2 Å². The first-order valence-electron chi connectivity index (χ1n) is 10.2. The van der Waals surface area contributed by atoms with Crippen molar-refractivity contribution in [2.24, 2.45) is 4.99 Å². The fraction of sp³-hybridized carbons (Fsp3) is 0.619. The molecule has 0 spiro atoms. The molecular weight excluding hydrogens is 495 g/mol. The third-order valence-corrected chi connectivity index (χ3v) is 4.11. The highest BCUT2D eigenvalue weighted by Gasteiger charge is 2.05. The quantitative estimate of drug-likeness (QED) is 0.155. The molecule has 0 atom stereocenters. The van der Waals surface area contributed by atoms with Crippen LogP contribution in [0.4, 0.5) is 5.69 Å². The number of methoxy groups -OCH3 is 1. The minimum absolute atomic E-state index is 0. The Labute approximate surface area is 198 Å². The van der Waals surface area contributed by atoms with Gasteiger partial charge in [0.15, 0.2) is 5.96 Å². The van der Waals surface area contributed by atoms with E-state index in [0.29, 0.717) is 13.1 Å². The predicted molar refractivity (Wildman–Crippen MR) is 136 cm³/mol. The SMILES string of the molecule is CCNC(=NCc1cccc(NC(=O)CN(C)C)c1)NCCN(C)CCCOC.I. The van der Waals surface area contributed by atoms with Crippen molar-refractivity contribution in [1.82, 2.24) is 20.4 Å². The van der Waals surface area contributed by atoms with Gasteiger partial charge in [-0.2, -0.15) is 0 Å². The Morgan fingerprint density at radius 1 is 1.17 bits per heavy atom. The molecule has 0 heterocycles. The van der Waals surface area contributed by atoms with Crippen LogP contribution in [0.15, 0.2) is 29.3 Å². The van der Waals surface area contributed by atoms with E-state index in [-0.39, 0.29) is 29.9 Å². The Morgan fingerprint density at radius 2 is 1.93 bits per heavy atom. The fourth-order valence-electron chi connectivity index (χ4n) is 2.70. The molecule has 30 heavy (non-hydrogen) atoms. The molecule has 9 heteroatoms. The number of likely N-dealkylation sites (N-methyl/N-ethyl adjacent to an activating group) is 2. The van der Waals surface area contributed by atoms with Crippen molar-refractivity contribution in [2.75, 3.05) is 72.9 Å². The molecule has 0 aliphatic rings. The second-order valence-corrected chi connectivity index (χ2v) is 7.26. The maximum Gasteiger partial charge on any atom is 0.238 e. The van der Waals surface area contributed by atoms with Crippen molar-refractivity contribution in [3.63, 3.8) is 0 Å². The summed E-state index contributed by atoms with van der Waals surface area (Å²) in [5.74, 6) is 0.764. The maximum atomic E-state index is 11.9. The molecule has 3 N–H and O–H groups in total. The zero-order valence-corrected chi connectivity index (χ0v) is 21.4. The summed E-state index contributed by atoms with van der Waals surface area (Å²) in [6, 6.07) is 7.80. The third kappa shape index (κ3) is 13.7. The van der Waals surface area contributed by atoms with Gasteiger partial charge in [-0.1, -0.05) is 12.1 Å². The standard InChI is InChI=1S/C21H38N6O2.HI/c1-6-22-21(23-11-13-27(4)12-8-14-29-5)24-16-18-9-7-10-19(15-18)25-20(28)17-26(2)3;/h7,9-10,15H,6,8,11-14,16-17H2,1-5H3,(H,25,28)(H2,22,23,24);1H. The van der Waals surface area contributed by atoms with Crippen LogP contribution in [-0.2, 0) is 16.1 Å². The Kier molecular flexibility index (Phi) is 16.4. The lowest BCUT2D eigenvalue weighted by molar-refractivity contribution is -0.116. The van der Waals surface area contributed by atoms with Crippen molar-refractivity contribution < 1.29 is 9.53 Å². The van der Waals surface area contributed by atoms with Gasteiger partial charge in [-0.3, -0.25) is 4.79 Å². The molecule has 172 valence electrons. The van der Waals surface area contributed by atoms with Gasteiger partial charge in [0.25, 0.3) is 0 Å². The molecule has 0 aliphatic carbocycles. The number of aliphatic imine (C=N–C) groups is 1. The molecule has 0 saturated heterocycles. The molecule has 1 aromatic rings. The number of amides is 1. The fourth-order valence-corrected chi connectivity index (χ4v) is 2.70. The van der Waals surface area contributed by atoms with E-state index in [1.165, 1.54) is 0 Å². The average molecular weight is 534 g/mol. The van der Waals surface area contributed by atoms with Crippen LogP contribution in [0.1, 0.15) is 18.9 Å². The molecule has 0 saturated carbocycles. The van der Waals surface area contributed by atoms with Crippen molar-refractivity contribution in [2.45, 2.75) is 19.9 Å². The summed E-state index contributed by atoms with van der Waals surface area (Å²) in [4.78, 5) is 20.7. The lowest BCUT2D eigenvalue weighted by Crippen LogP contribution is -2.41. The van der Waals surface area contributed by atoms with Gasteiger partial charge in [0.1, 0.15) is 0 Å². The molecule has 0 aromatic heterocycles. The van der Waals surface area contributed by atoms with Crippen LogP contribution in [0.25, 0.3) is 0 Å². The van der Waals surface area contributed by atoms with Crippen LogP contribution < -0.4 is 16.0 Å². The number of carbonyl (C=O) groups excluding carboxylic acids is 1. The molecule has 1 rings (SSSR count). The smallest absolute Gasteiger partial charge is 0.238 e. The number of ether oxygens (including phenoxy) is 1. The molecule has 0 unspecified atom stereocenters. The maximum absolute atomic E-state index is 11.9. The predicted octanol–water partition coefficient (Wildman–Crippen LogP) is 1.83. The van der Waals surface area contributed by atoms with Gasteiger partial charge in [0.2, 0.25) is 5.91 Å². The number of hydrogen-bond donors (Lipinski definition) is 3. The van der Waals surface area contributed by atoms with E-state index in [1.807, 2.05) is 43.3 Å². The largest absolute Gasteiger partial charge is 0.385 e. The van der Waals surface area contributed by atoms with E-state index in [1.54, 1.807) is 7.11 Å². The van der Waals surface area contributed by atoms with Gasteiger partial charge in [0, 0.05) is 45.6 Å². The number of benzene rings is 1. The zero-order chi connectivity index (χ0) is 21.5. The Balaban J connectivity index is 0.00000841. The zero-order valence-electron chi connectivity index (χ0n) is 19.0. The monoisotopic (exact) mass is 534 g/mol. The first-order valence-corrected chi connectivity index (χ1v) is 10.2. The summed E-state index contributed by atoms with van der Waals surface area (Å²) in [5.41, 5.74) is 1.83. The van der Waals surface area contributed by atoms with Gasteiger partial charge < -0.3 is 30.5 Å². The Bertz CT molecular complexity index is 627. The van der Waals surface area contributed by atoms with E-state index in [9.17, 15) is 4.79 Å². The van der Waals surface area contributed by atoms with E-state index >= 15 is 0 Å².